The van der Waals surface area contributed by atoms with Crippen molar-refractivity contribution < 1.29 is 9.72 Å². The second-order valence-electron chi connectivity index (χ2n) is 9.98. The van der Waals surface area contributed by atoms with Crippen molar-refractivity contribution in [3.63, 3.8) is 0 Å². The molecule has 3 aromatic rings. The molecule has 2 fully saturated rings. The van der Waals surface area contributed by atoms with Gasteiger partial charge >= 0.3 is 0 Å². The molecule has 0 radical (unpaired) electrons. The number of benzene rings is 3. The van der Waals surface area contributed by atoms with Gasteiger partial charge in [-0.15, -0.1) is 0 Å². The second kappa shape index (κ2) is 7.97. The fraction of sp³-hybridized carbons (Fsp3) is 0.321. The van der Waals surface area contributed by atoms with E-state index in [0.29, 0.717) is 41.0 Å². The van der Waals surface area contributed by atoms with E-state index in [4.69, 9.17) is 0 Å². The molecule has 2 bridgehead atoms. The molecular formula is C28H27N3O3. The first-order valence-electron chi connectivity index (χ1n) is 12.0. The predicted octanol–water partition coefficient (Wildman–Crippen LogP) is 6.45. The minimum Gasteiger partial charge on any atom is -0.378 e. The molecule has 0 spiro atoms. The number of amides is 1. The Hall–Kier alpha value is -3.67. The summed E-state index contributed by atoms with van der Waals surface area (Å²) in [4.78, 5) is 23.9. The fourth-order valence-electron chi connectivity index (χ4n) is 6.67. The van der Waals surface area contributed by atoms with Crippen molar-refractivity contribution in [2.45, 2.75) is 38.1 Å². The molecule has 3 aliphatic rings. The second-order valence-corrected chi connectivity index (χ2v) is 9.98. The topological polar surface area (TPSA) is 84.3 Å². The van der Waals surface area contributed by atoms with E-state index in [1.54, 1.807) is 6.07 Å². The zero-order valence-electron chi connectivity index (χ0n) is 19.0. The number of nitrogens with zero attached hydrogens (tertiary/aromatic N) is 1. The Kier molecular flexibility index (Phi) is 4.90. The van der Waals surface area contributed by atoms with Crippen LogP contribution in [0.4, 0.5) is 17.1 Å². The van der Waals surface area contributed by atoms with Gasteiger partial charge in [-0.05, 0) is 84.7 Å². The predicted molar refractivity (Wildman–Crippen MR) is 132 cm³/mol. The molecule has 34 heavy (non-hydrogen) atoms. The van der Waals surface area contributed by atoms with Crippen LogP contribution < -0.4 is 10.6 Å². The molecule has 2 saturated carbocycles. The SMILES string of the molecule is Cc1ccc([N+](=O)[O-])cc1NC(=O)c1ccc2c(c1)C1C3CCC(C3)C1C(c1ccccc1)N2. The largest absolute Gasteiger partial charge is 0.378 e. The lowest BCUT2D eigenvalue weighted by Gasteiger charge is -2.43. The van der Waals surface area contributed by atoms with Gasteiger partial charge in [0.15, 0.2) is 0 Å². The summed E-state index contributed by atoms with van der Waals surface area (Å²) in [6, 6.07) is 21.5. The average Bonchev–Trinajstić information content (AvgIpc) is 3.48. The van der Waals surface area contributed by atoms with Gasteiger partial charge in [0.05, 0.1) is 16.7 Å². The van der Waals surface area contributed by atoms with Gasteiger partial charge in [0, 0.05) is 23.4 Å². The van der Waals surface area contributed by atoms with E-state index in [2.05, 4.69) is 41.0 Å². The van der Waals surface area contributed by atoms with Crippen LogP contribution in [0.2, 0.25) is 0 Å². The van der Waals surface area contributed by atoms with Crippen LogP contribution in [0.15, 0.2) is 66.7 Å². The standard InChI is InChI=1S/C28H27N3O3/c1-16-7-11-21(31(33)34)15-24(16)30-28(32)20-10-12-23-22(14-20)25-18-8-9-19(13-18)26(25)27(29-23)17-5-3-2-4-6-17/h2-7,10-12,14-15,18-19,25-27,29H,8-9,13H2,1H3,(H,30,32). The normalized spacial score (nSPS) is 26.3. The first-order valence-corrected chi connectivity index (χ1v) is 12.0. The Morgan fingerprint density at radius 3 is 2.62 bits per heavy atom. The lowest BCUT2D eigenvalue weighted by atomic mass is 9.68. The maximum atomic E-state index is 13.2. The highest BCUT2D eigenvalue weighted by Crippen LogP contribution is 2.63. The number of hydrogen-bond acceptors (Lipinski definition) is 4. The van der Waals surface area contributed by atoms with Gasteiger partial charge < -0.3 is 10.6 Å². The number of fused-ring (bicyclic) bond motifs is 7. The summed E-state index contributed by atoms with van der Waals surface area (Å²) in [7, 11) is 0. The molecule has 6 nitrogen and oxygen atoms in total. The van der Waals surface area contributed by atoms with Crippen LogP contribution in [-0.4, -0.2) is 10.8 Å². The molecule has 1 amide bonds. The molecule has 5 unspecified atom stereocenters. The number of carbonyl (C=O) groups excluding carboxylic acids is 1. The number of nitrogens with one attached hydrogen (secondary N) is 2. The summed E-state index contributed by atoms with van der Waals surface area (Å²) in [6.07, 6.45) is 3.82. The number of carbonyl (C=O) groups is 1. The molecule has 2 N–H and O–H groups in total. The Morgan fingerprint density at radius 2 is 1.82 bits per heavy atom. The molecule has 0 saturated heterocycles. The first-order chi connectivity index (χ1) is 16.5. The van der Waals surface area contributed by atoms with Gasteiger partial charge in [0.2, 0.25) is 0 Å². The maximum absolute atomic E-state index is 13.2. The van der Waals surface area contributed by atoms with Gasteiger partial charge in [-0.1, -0.05) is 36.4 Å². The Labute approximate surface area is 198 Å². The van der Waals surface area contributed by atoms with E-state index in [0.717, 1.165) is 11.3 Å². The third-order valence-electron chi connectivity index (χ3n) is 8.19. The number of nitro groups is 1. The zero-order chi connectivity index (χ0) is 23.4. The third kappa shape index (κ3) is 3.36. The number of hydrogen-bond donors (Lipinski definition) is 2. The lowest BCUT2D eigenvalue weighted by Crippen LogP contribution is -2.35. The number of rotatable bonds is 4. The fourth-order valence-corrected chi connectivity index (χ4v) is 6.67. The first kappa shape index (κ1) is 20.9. The number of non-ortho nitro benzene ring substituents is 1. The quantitative estimate of drug-likeness (QED) is 0.351. The average molecular weight is 454 g/mol. The highest BCUT2D eigenvalue weighted by atomic mass is 16.6. The van der Waals surface area contributed by atoms with Gasteiger partial charge in [-0.2, -0.15) is 0 Å². The van der Waals surface area contributed by atoms with E-state index < -0.39 is 4.92 Å². The van der Waals surface area contributed by atoms with E-state index in [1.165, 1.54) is 42.5 Å². The zero-order valence-corrected chi connectivity index (χ0v) is 19.0. The minimum atomic E-state index is -0.446. The summed E-state index contributed by atoms with van der Waals surface area (Å²) in [5.74, 6) is 2.13. The Balaban J connectivity index is 1.33. The van der Waals surface area contributed by atoms with Crippen LogP contribution in [0.1, 0.15) is 58.3 Å². The molecule has 2 aliphatic carbocycles. The lowest BCUT2D eigenvalue weighted by molar-refractivity contribution is -0.384. The van der Waals surface area contributed by atoms with Crippen LogP contribution in [0.25, 0.3) is 0 Å². The molecule has 6 heteroatoms. The number of anilines is 2. The van der Waals surface area contributed by atoms with Crippen molar-refractivity contribution in [2.24, 2.45) is 17.8 Å². The smallest absolute Gasteiger partial charge is 0.271 e. The number of aryl methyl sites for hydroxylation is 1. The van der Waals surface area contributed by atoms with Crippen LogP contribution >= 0.6 is 0 Å². The van der Waals surface area contributed by atoms with Crippen molar-refractivity contribution in [2.75, 3.05) is 10.6 Å². The molecule has 6 rings (SSSR count). The monoisotopic (exact) mass is 453 g/mol. The molecule has 172 valence electrons. The molecule has 5 atom stereocenters. The van der Waals surface area contributed by atoms with Crippen LogP contribution in [0.5, 0.6) is 0 Å². The molecule has 1 aliphatic heterocycles. The van der Waals surface area contributed by atoms with Crippen molar-refractivity contribution in [3.8, 4) is 0 Å². The summed E-state index contributed by atoms with van der Waals surface area (Å²) in [5.41, 5.74) is 5.50. The van der Waals surface area contributed by atoms with Gasteiger partial charge in [0.25, 0.3) is 11.6 Å². The van der Waals surface area contributed by atoms with Gasteiger partial charge in [-0.3, -0.25) is 14.9 Å². The number of nitro benzene ring substituents is 1. The molecule has 0 aromatic heterocycles. The molecule has 1 heterocycles. The van der Waals surface area contributed by atoms with Gasteiger partial charge in [-0.25, -0.2) is 0 Å². The Bertz CT molecular complexity index is 1290. The van der Waals surface area contributed by atoms with Gasteiger partial charge in [0.1, 0.15) is 0 Å². The van der Waals surface area contributed by atoms with Crippen molar-refractivity contribution in [1.29, 1.82) is 0 Å². The molecule has 3 aromatic carbocycles. The van der Waals surface area contributed by atoms with Crippen molar-refractivity contribution in [3.05, 3.63) is 99.1 Å². The van der Waals surface area contributed by atoms with Crippen LogP contribution in [0.3, 0.4) is 0 Å². The summed E-state index contributed by atoms with van der Waals surface area (Å²) < 4.78 is 0. The summed E-state index contributed by atoms with van der Waals surface area (Å²) in [6.45, 7) is 1.83. The van der Waals surface area contributed by atoms with Crippen molar-refractivity contribution >= 4 is 23.0 Å². The van der Waals surface area contributed by atoms with Crippen LogP contribution in [0, 0.1) is 34.8 Å². The highest BCUT2D eigenvalue weighted by molar-refractivity contribution is 6.05. The van der Waals surface area contributed by atoms with E-state index in [1.807, 2.05) is 25.1 Å². The van der Waals surface area contributed by atoms with Crippen LogP contribution in [-0.2, 0) is 0 Å². The van der Waals surface area contributed by atoms with E-state index >= 15 is 0 Å². The van der Waals surface area contributed by atoms with Crippen molar-refractivity contribution in [1.82, 2.24) is 0 Å². The third-order valence-corrected chi connectivity index (χ3v) is 8.19. The Morgan fingerprint density at radius 1 is 1.03 bits per heavy atom. The van der Waals surface area contributed by atoms with E-state index in [-0.39, 0.29) is 11.6 Å². The maximum Gasteiger partial charge on any atom is 0.271 e. The van der Waals surface area contributed by atoms with E-state index in [9.17, 15) is 14.9 Å². The molecular weight excluding hydrogens is 426 g/mol. The minimum absolute atomic E-state index is 0.0349. The summed E-state index contributed by atoms with van der Waals surface area (Å²) in [5, 5.41) is 17.9. The highest BCUT2D eigenvalue weighted by Gasteiger charge is 2.53. The summed E-state index contributed by atoms with van der Waals surface area (Å²) >= 11 is 0.